The Morgan fingerprint density at radius 2 is 1.90 bits per heavy atom. The average Bonchev–Trinajstić information content (AvgIpc) is 2.79. The van der Waals surface area contributed by atoms with E-state index in [1.807, 2.05) is 38.2 Å². The van der Waals surface area contributed by atoms with Crippen molar-refractivity contribution in [3.63, 3.8) is 0 Å². The molecule has 2 aromatic rings. The molecule has 0 amide bonds. The maximum absolute atomic E-state index is 6.21. The number of hydrogen-bond donors (Lipinski definition) is 0. The van der Waals surface area contributed by atoms with E-state index in [1.165, 1.54) is 0 Å². The van der Waals surface area contributed by atoms with E-state index >= 15 is 0 Å². The maximum atomic E-state index is 6.21. The molecule has 4 nitrogen and oxygen atoms in total. The summed E-state index contributed by atoms with van der Waals surface area (Å²) in [6.45, 7) is 12.5. The van der Waals surface area contributed by atoms with Crippen LogP contribution in [-0.2, 0) is 0 Å². The summed E-state index contributed by atoms with van der Waals surface area (Å²) < 4.78 is 8.00. The van der Waals surface area contributed by atoms with Gasteiger partial charge in [-0.15, -0.1) is 0 Å². The first-order valence-corrected chi connectivity index (χ1v) is 10.5. The normalized spacial score (nSPS) is 12.6. The molecule has 1 aromatic heterocycles. The van der Waals surface area contributed by atoms with Crippen LogP contribution < -0.4 is 4.43 Å². The number of para-hydroxylation sites is 1. The summed E-state index contributed by atoms with van der Waals surface area (Å²) in [6.07, 6.45) is 1.92. The third kappa shape index (κ3) is 4.04. The van der Waals surface area contributed by atoms with Gasteiger partial charge in [-0.25, -0.2) is 9.67 Å². The molecule has 0 radical (unpaired) electrons. The van der Waals surface area contributed by atoms with Crippen LogP contribution in [0.2, 0.25) is 19.6 Å². The lowest BCUT2D eigenvalue weighted by Gasteiger charge is -2.22. The van der Waals surface area contributed by atoms with E-state index in [0.29, 0.717) is 0 Å². The van der Waals surface area contributed by atoms with Crippen molar-refractivity contribution in [1.29, 1.82) is 0 Å². The zero-order valence-electron chi connectivity index (χ0n) is 13.6. The number of aliphatic imine (C=N–C) groups is 1. The Morgan fingerprint density at radius 3 is 2.48 bits per heavy atom. The Bertz CT molecular complexity index is 668. The molecular formula is C16H23N3OSi. The first-order valence-electron chi connectivity index (χ1n) is 7.13. The lowest BCUT2D eigenvalue weighted by Crippen LogP contribution is -2.29. The molecule has 0 saturated carbocycles. The summed E-state index contributed by atoms with van der Waals surface area (Å²) in [5.41, 5.74) is 2.96. The van der Waals surface area contributed by atoms with Crippen molar-refractivity contribution in [2.75, 3.05) is 0 Å². The highest BCUT2D eigenvalue weighted by atomic mass is 28.4. The van der Waals surface area contributed by atoms with Gasteiger partial charge in [0, 0.05) is 6.20 Å². The van der Waals surface area contributed by atoms with Gasteiger partial charge in [0.15, 0.2) is 0 Å². The van der Waals surface area contributed by atoms with Crippen LogP contribution in [0.4, 0.5) is 5.69 Å². The molecule has 21 heavy (non-hydrogen) atoms. The van der Waals surface area contributed by atoms with Gasteiger partial charge in [0.2, 0.25) is 8.32 Å². The van der Waals surface area contributed by atoms with Crippen LogP contribution >= 0.6 is 0 Å². The number of benzene rings is 1. The topological polar surface area (TPSA) is 39.4 Å². The van der Waals surface area contributed by atoms with E-state index in [-0.39, 0.29) is 0 Å². The molecule has 0 N–H and O–H groups in total. The lowest BCUT2D eigenvalue weighted by atomic mass is 10.2. The second kappa shape index (κ2) is 5.85. The lowest BCUT2D eigenvalue weighted by molar-refractivity contribution is 0.554. The molecule has 2 rings (SSSR count). The zero-order chi connectivity index (χ0) is 15.6. The molecule has 0 aliphatic rings. The highest BCUT2D eigenvalue weighted by Gasteiger charge is 2.19. The number of rotatable bonds is 3. The number of nitrogens with zero attached hydrogens (tertiary/aromatic N) is 3. The Labute approximate surface area is 127 Å². The molecule has 0 fully saturated rings. The standard InChI is InChI=1S/C16H23N3OSi/c1-12-8-7-9-15(16(12)20-21(4,5)6)17-14(3)19-11-10-13(2)18-19/h7-11H,1-6H3. The van der Waals surface area contributed by atoms with Crippen molar-refractivity contribution in [3.05, 3.63) is 41.7 Å². The smallest absolute Gasteiger partial charge is 0.242 e. The van der Waals surface area contributed by atoms with E-state index in [1.54, 1.807) is 4.68 Å². The number of aromatic nitrogens is 2. The predicted octanol–water partition coefficient (Wildman–Crippen LogP) is 4.31. The van der Waals surface area contributed by atoms with Gasteiger partial charge >= 0.3 is 0 Å². The van der Waals surface area contributed by atoms with Gasteiger partial charge in [0.05, 0.1) is 5.69 Å². The second-order valence-corrected chi connectivity index (χ2v) is 10.6. The monoisotopic (exact) mass is 301 g/mol. The fraction of sp³-hybridized carbons (Fsp3) is 0.375. The third-order valence-corrected chi connectivity index (χ3v) is 3.75. The van der Waals surface area contributed by atoms with Gasteiger partial charge in [-0.3, -0.25) is 0 Å². The van der Waals surface area contributed by atoms with Gasteiger partial charge in [-0.2, -0.15) is 5.10 Å². The van der Waals surface area contributed by atoms with Crippen molar-refractivity contribution in [1.82, 2.24) is 9.78 Å². The van der Waals surface area contributed by atoms with Gasteiger partial charge in [0.1, 0.15) is 17.3 Å². The Kier molecular flexibility index (Phi) is 4.32. The van der Waals surface area contributed by atoms with Crippen LogP contribution in [0.3, 0.4) is 0 Å². The summed E-state index contributed by atoms with van der Waals surface area (Å²) in [6, 6.07) is 8.02. The highest BCUT2D eigenvalue weighted by molar-refractivity contribution is 6.70. The maximum Gasteiger partial charge on any atom is 0.242 e. The largest absolute Gasteiger partial charge is 0.543 e. The summed E-state index contributed by atoms with van der Waals surface area (Å²) in [5, 5.41) is 4.39. The van der Waals surface area contributed by atoms with Crippen LogP contribution in [0.1, 0.15) is 18.2 Å². The molecular weight excluding hydrogens is 278 g/mol. The third-order valence-electron chi connectivity index (χ3n) is 2.94. The van der Waals surface area contributed by atoms with E-state index in [2.05, 4.69) is 37.7 Å². The number of hydrogen-bond acceptors (Lipinski definition) is 3. The molecule has 5 heteroatoms. The molecule has 0 bridgehead atoms. The Morgan fingerprint density at radius 1 is 1.19 bits per heavy atom. The van der Waals surface area contributed by atoms with E-state index in [0.717, 1.165) is 28.5 Å². The first kappa shape index (κ1) is 15.5. The van der Waals surface area contributed by atoms with Crippen LogP contribution in [0.15, 0.2) is 35.5 Å². The second-order valence-electron chi connectivity index (χ2n) is 6.20. The van der Waals surface area contributed by atoms with Gasteiger partial charge < -0.3 is 4.43 Å². The Balaban J connectivity index is 2.42. The molecule has 0 aliphatic heterocycles. The van der Waals surface area contributed by atoms with Crippen molar-refractivity contribution in [2.24, 2.45) is 4.99 Å². The van der Waals surface area contributed by atoms with Crippen LogP contribution in [-0.4, -0.2) is 23.9 Å². The van der Waals surface area contributed by atoms with Gasteiger partial charge in [-0.1, -0.05) is 12.1 Å². The quantitative estimate of drug-likeness (QED) is 0.481. The minimum absolute atomic E-state index is 0.828. The molecule has 1 aromatic carbocycles. The minimum Gasteiger partial charge on any atom is -0.543 e. The van der Waals surface area contributed by atoms with Crippen molar-refractivity contribution in [3.8, 4) is 5.75 Å². The Hall–Kier alpha value is -1.88. The fourth-order valence-corrected chi connectivity index (χ4v) is 2.86. The molecule has 1 heterocycles. The highest BCUT2D eigenvalue weighted by Crippen LogP contribution is 2.33. The summed E-state index contributed by atoms with van der Waals surface area (Å²) in [5.74, 6) is 1.72. The van der Waals surface area contributed by atoms with E-state index in [4.69, 9.17) is 9.42 Å². The van der Waals surface area contributed by atoms with Crippen LogP contribution in [0.5, 0.6) is 5.75 Å². The van der Waals surface area contributed by atoms with Crippen LogP contribution in [0.25, 0.3) is 0 Å². The molecule has 0 saturated heterocycles. The number of aryl methyl sites for hydroxylation is 2. The van der Waals surface area contributed by atoms with Crippen molar-refractivity contribution < 1.29 is 4.43 Å². The van der Waals surface area contributed by atoms with Crippen LogP contribution in [0, 0.1) is 13.8 Å². The van der Waals surface area contributed by atoms with Crippen molar-refractivity contribution >= 4 is 19.8 Å². The predicted molar refractivity (Wildman–Crippen MR) is 90.3 cm³/mol. The molecule has 0 atom stereocenters. The molecule has 0 unspecified atom stereocenters. The molecule has 0 aliphatic carbocycles. The SMILES string of the molecule is CC(=Nc1cccc(C)c1O[Si](C)(C)C)n1ccc(C)n1. The van der Waals surface area contributed by atoms with Crippen molar-refractivity contribution in [2.45, 2.75) is 40.4 Å². The summed E-state index contributed by atoms with van der Waals surface area (Å²) in [4.78, 5) is 4.70. The van der Waals surface area contributed by atoms with Gasteiger partial charge in [0.25, 0.3) is 0 Å². The zero-order valence-corrected chi connectivity index (χ0v) is 14.6. The van der Waals surface area contributed by atoms with Gasteiger partial charge in [-0.05, 0) is 58.1 Å². The summed E-state index contributed by atoms with van der Waals surface area (Å²) >= 11 is 0. The fourth-order valence-electron chi connectivity index (χ4n) is 1.98. The average molecular weight is 301 g/mol. The molecule has 0 spiro atoms. The van der Waals surface area contributed by atoms with E-state index in [9.17, 15) is 0 Å². The molecule has 112 valence electrons. The summed E-state index contributed by atoms with van der Waals surface area (Å²) in [7, 11) is -1.68. The first-order chi connectivity index (χ1) is 9.76. The minimum atomic E-state index is -1.68. The van der Waals surface area contributed by atoms with E-state index < -0.39 is 8.32 Å².